The van der Waals surface area contributed by atoms with Crippen LogP contribution in [0.1, 0.15) is 43.9 Å². The normalized spacial score (nSPS) is 23.4. The lowest BCUT2D eigenvalue weighted by Gasteiger charge is -2.27. The molecule has 1 N–H and O–H groups in total. The molecule has 1 fully saturated rings. The van der Waals surface area contributed by atoms with E-state index in [2.05, 4.69) is 23.3 Å². The van der Waals surface area contributed by atoms with Gasteiger partial charge in [-0.3, -0.25) is 0 Å². The van der Waals surface area contributed by atoms with Gasteiger partial charge in [-0.2, -0.15) is 5.26 Å². The second kappa shape index (κ2) is 5.86. The van der Waals surface area contributed by atoms with E-state index in [1.165, 1.54) is 25.7 Å². The van der Waals surface area contributed by atoms with Crippen LogP contribution >= 0.6 is 0 Å². The highest BCUT2D eigenvalue weighted by atomic mass is 15.0. The number of hydrogen-bond donors (Lipinski definition) is 1. The predicted octanol–water partition coefficient (Wildman–Crippen LogP) is 3.50. The summed E-state index contributed by atoms with van der Waals surface area (Å²) < 4.78 is 0. The van der Waals surface area contributed by atoms with Gasteiger partial charge in [0.05, 0.1) is 11.6 Å². The van der Waals surface area contributed by atoms with Gasteiger partial charge >= 0.3 is 0 Å². The van der Waals surface area contributed by atoms with Crippen LogP contribution in [0, 0.1) is 30.1 Å². The third kappa shape index (κ3) is 3.46. The van der Waals surface area contributed by atoms with Crippen LogP contribution in [0.5, 0.6) is 0 Å². The molecule has 0 saturated heterocycles. The molecule has 0 radical (unpaired) electrons. The van der Waals surface area contributed by atoms with Gasteiger partial charge in [0.2, 0.25) is 0 Å². The molecule has 0 bridgehead atoms. The molecule has 18 heavy (non-hydrogen) atoms. The number of pyridine rings is 1. The van der Waals surface area contributed by atoms with Crippen molar-refractivity contribution in [3.05, 3.63) is 23.4 Å². The van der Waals surface area contributed by atoms with E-state index < -0.39 is 0 Å². The zero-order valence-electron chi connectivity index (χ0n) is 11.2. The van der Waals surface area contributed by atoms with E-state index in [1.54, 1.807) is 0 Å². The number of aryl methyl sites for hydroxylation is 1. The maximum atomic E-state index is 8.93. The zero-order chi connectivity index (χ0) is 13.0. The van der Waals surface area contributed by atoms with E-state index in [0.29, 0.717) is 5.56 Å². The van der Waals surface area contributed by atoms with Crippen molar-refractivity contribution in [3.8, 4) is 6.07 Å². The SMILES string of the molecule is Cc1cc(C#N)cc(NCC2CCCC(C)C2)n1. The fourth-order valence-corrected chi connectivity index (χ4v) is 2.82. The Hall–Kier alpha value is -1.56. The van der Waals surface area contributed by atoms with Gasteiger partial charge in [-0.05, 0) is 43.7 Å². The number of nitrogens with one attached hydrogen (secondary N) is 1. The van der Waals surface area contributed by atoms with E-state index in [9.17, 15) is 0 Å². The summed E-state index contributed by atoms with van der Waals surface area (Å²) in [4.78, 5) is 4.42. The van der Waals surface area contributed by atoms with Crippen LogP contribution in [0.25, 0.3) is 0 Å². The fraction of sp³-hybridized carbons (Fsp3) is 0.600. The summed E-state index contributed by atoms with van der Waals surface area (Å²) in [5.41, 5.74) is 1.58. The zero-order valence-corrected chi connectivity index (χ0v) is 11.2. The van der Waals surface area contributed by atoms with E-state index in [0.717, 1.165) is 29.9 Å². The molecule has 3 heteroatoms. The van der Waals surface area contributed by atoms with Crippen molar-refractivity contribution in [1.82, 2.24) is 4.98 Å². The Bertz CT molecular complexity index is 448. The summed E-state index contributed by atoms with van der Waals surface area (Å²) in [5.74, 6) is 2.44. The van der Waals surface area contributed by atoms with E-state index >= 15 is 0 Å². The minimum atomic E-state index is 0.682. The van der Waals surface area contributed by atoms with Gasteiger partial charge in [0, 0.05) is 12.2 Å². The molecule has 2 atom stereocenters. The van der Waals surface area contributed by atoms with E-state index in [-0.39, 0.29) is 0 Å². The van der Waals surface area contributed by atoms with Crippen molar-refractivity contribution in [2.45, 2.75) is 39.5 Å². The highest BCUT2D eigenvalue weighted by Crippen LogP contribution is 2.28. The average molecular weight is 243 g/mol. The first-order valence-corrected chi connectivity index (χ1v) is 6.80. The molecule has 2 unspecified atom stereocenters. The Morgan fingerprint density at radius 2 is 2.28 bits per heavy atom. The van der Waals surface area contributed by atoms with Crippen LogP contribution in [0.3, 0.4) is 0 Å². The van der Waals surface area contributed by atoms with Gasteiger partial charge in [-0.25, -0.2) is 4.98 Å². The van der Waals surface area contributed by atoms with Gasteiger partial charge < -0.3 is 5.32 Å². The second-order valence-electron chi connectivity index (χ2n) is 5.51. The number of anilines is 1. The second-order valence-corrected chi connectivity index (χ2v) is 5.51. The summed E-state index contributed by atoms with van der Waals surface area (Å²) >= 11 is 0. The van der Waals surface area contributed by atoms with Crippen LogP contribution in [0.4, 0.5) is 5.82 Å². The molecule has 2 rings (SSSR count). The van der Waals surface area contributed by atoms with Gasteiger partial charge in [0.15, 0.2) is 0 Å². The number of rotatable bonds is 3. The van der Waals surface area contributed by atoms with Crippen LogP contribution in [-0.4, -0.2) is 11.5 Å². The number of nitriles is 1. The molecule has 3 nitrogen and oxygen atoms in total. The van der Waals surface area contributed by atoms with Crippen molar-refractivity contribution in [3.63, 3.8) is 0 Å². The Morgan fingerprint density at radius 1 is 1.44 bits per heavy atom. The smallest absolute Gasteiger partial charge is 0.127 e. The monoisotopic (exact) mass is 243 g/mol. The van der Waals surface area contributed by atoms with Crippen LogP contribution in [0.15, 0.2) is 12.1 Å². The molecular formula is C15H21N3. The highest BCUT2D eigenvalue weighted by molar-refractivity contribution is 5.44. The van der Waals surface area contributed by atoms with Gasteiger partial charge in [-0.1, -0.05) is 19.8 Å². The Balaban J connectivity index is 1.93. The Labute approximate surface area is 109 Å². The number of nitrogens with zero attached hydrogens (tertiary/aromatic N) is 2. The molecule has 1 aliphatic rings. The Kier molecular flexibility index (Phi) is 4.19. The first-order valence-electron chi connectivity index (χ1n) is 6.80. The highest BCUT2D eigenvalue weighted by Gasteiger charge is 2.18. The topological polar surface area (TPSA) is 48.7 Å². The summed E-state index contributed by atoms with van der Waals surface area (Å²) in [6.07, 6.45) is 5.34. The van der Waals surface area contributed by atoms with Crippen LogP contribution in [-0.2, 0) is 0 Å². The quantitative estimate of drug-likeness (QED) is 0.884. The molecule has 0 spiro atoms. The molecule has 1 heterocycles. The van der Waals surface area contributed by atoms with Gasteiger partial charge in [-0.15, -0.1) is 0 Å². The summed E-state index contributed by atoms with van der Waals surface area (Å²) in [7, 11) is 0. The van der Waals surface area contributed by atoms with Crippen molar-refractivity contribution in [1.29, 1.82) is 5.26 Å². The molecule has 1 saturated carbocycles. The van der Waals surface area contributed by atoms with Crippen molar-refractivity contribution >= 4 is 5.82 Å². The molecule has 1 aliphatic carbocycles. The minimum absolute atomic E-state index is 0.682. The summed E-state index contributed by atoms with van der Waals surface area (Å²) in [6, 6.07) is 5.82. The number of aromatic nitrogens is 1. The maximum absolute atomic E-state index is 8.93. The predicted molar refractivity (Wildman–Crippen MR) is 73.3 cm³/mol. The molecule has 0 amide bonds. The number of hydrogen-bond acceptors (Lipinski definition) is 3. The van der Waals surface area contributed by atoms with Crippen molar-refractivity contribution < 1.29 is 0 Å². The molecule has 1 aromatic rings. The first kappa shape index (κ1) is 12.9. The first-order chi connectivity index (χ1) is 8.67. The lowest BCUT2D eigenvalue weighted by molar-refractivity contribution is 0.293. The maximum Gasteiger partial charge on any atom is 0.127 e. The van der Waals surface area contributed by atoms with E-state index in [1.807, 2.05) is 19.1 Å². The van der Waals surface area contributed by atoms with Crippen molar-refractivity contribution in [2.24, 2.45) is 11.8 Å². The molecular weight excluding hydrogens is 222 g/mol. The summed E-state index contributed by atoms with van der Waals surface area (Å²) in [5, 5.41) is 12.3. The lowest BCUT2D eigenvalue weighted by Crippen LogP contribution is -2.21. The van der Waals surface area contributed by atoms with E-state index in [4.69, 9.17) is 5.26 Å². The fourth-order valence-electron chi connectivity index (χ4n) is 2.82. The van der Waals surface area contributed by atoms with Crippen LogP contribution < -0.4 is 5.32 Å². The molecule has 0 aromatic carbocycles. The largest absolute Gasteiger partial charge is 0.370 e. The minimum Gasteiger partial charge on any atom is -0.370 e. The average Bonchev–Trinajstić information content (AvgIpc) is 2.36. The molecule has 1 aromatic heterocycles. The standard InChI is InChI=1S/C15H21N3/c1-11-4-3-5-13(6-11)10-17-15-8-14(9-16)7-12(2)18-15/h7-8,11,13H,3-6,10H2,1-2H3,(H,17,18). The Morgan fingerprint density at radius 3 is 3.00 bits per heavy atom. The molecule has 96 valence electrons. The van der Waals surface area contributed by atoms with Crippen LogP contribution in [0.2, 0.25) is 0 Å². The molecule has 0 aliphatic heterocycles. The third-order valence-corrected chi connectivity index (χ3v) is 3.70. The van der Waals surface area contributed by atoms with Gasteiger partial charge in [0.25, 0.3) is 0 Å². The summed E-state index contributed by atoms with van der Waals surface area (Å²) in [6.45, 7) is 5.24. The van der Waals surface area contributed by atoms with Crippen molar-refractivity contribution in [2.75, 3.05) is 11.9 Å². The lowest BCUT2D eigenvalue weighted by atomic mass is 9.82. The third-order valence-electron chi connectivity index (χ3n) is 3.70. The van der Waals surface area contributed by atoms with Gasteiger partial charge in [0.1, 0.15) is 5.82 Å².